The van der Waals surface area contributed by atoms with E-state index < -0.39 is 17.5 Å². The van der Waals surface area contributed by atoms with Crippen LogP contribution in [0.5, 0.6) is 5.75 Å². The van der Waals surface area contributed by atoms with Gasteiger partial charge in [-0.2, -0.15) is 0 Å². The third kappa shape index (κ3) is 11.5. The molecule has 0 saturated carbocycles. The second-order valence-electron chi connectivity index (χ2n) is 6.69. The average Bonchev–Trinajstić information content (AvgIpc) is 2.53. The highest BCUT2D eigenvalue weighted by molar-refractivity contribution is 14.0. The molecule has 0 unspecified atom stereocenters. The van der Waals surface area contributed by atoms with Gasteiger partial charge < -0.3 is 25.8 Å². The average molecular weight is 496 g/mol. The molecule has 4 N–H and O–H groups in total. The normalized spacial score (nSPS) is 11.4. The molecule has 0 saturated heterocycles. The molecule has 0 aliphatic rings. The van der Waals surface area contributed by atoms with Crippen molar-refractivity contribution in [1.29, 1.82) is 0 Å². The Morgan fingerprint density at radius 1 is 1.22 bits per heavy atom. The number of carbonyl (C=O) groups excluding carboxylic acids is 1. The zero-order valence-corrected chi connectivity index (χ0v) is 18.6. The van der Waals surface area contributed by atoms with E-state index in [-0.39, 0.29) is 36.3 Å². The fourth-order valence-electron chi connectivity index (χ4n) is 1.96. The fourth-order valence-corrected chi connectivity index (χ4v) is 1.96. The molecule has 0 aliphatic heterocycles. The number of amides is 1. The molecule has 0 spiro atoms. The third-order valence-electron chi connectivity index (χ3n) is 3.09. The van der Waals surface area contributed by atoms with Gasteiger partial charge in [0.25, 0.3) is 0 Å². The summed E-state index contributed by atoms with van der Waals surface area (Å²) < 4.78 is 18.5. The Morgan fingerprint density at radius 2 is 1.89 bits per heavy atom. The lowest BCUT2D eigenvalue weighted by Crippen LogP contribution is -2.39. The molecule has 154 valence electrons. The first-order valence-corrected chi connectivity index (χ1v) is 8.67. The number of alkyl carbamates (subject to hydrolysis) is 1. The summed E-state index contributed by atoms with van der Waals surface area (Å²) in [6, 6.07) is 4.19. The molecular formula is C18H30FIN4O3. The van der Waals surface area contributed by atoms with Crippen molar-refractivity contribution in [3.05, 3.63) is 29.6 Å². The van der Waals surface area contributed by atoms with Crippen molar-refractivity contribution in [2.45, 2.75) is 46.3 Å². The Labute approximate surface area is 177 Å². The van der Waals surface area contributed by atoms with Crippen molar-refractivity contribution in [3.8, 4) is 5.75 Å². The summed E-state index contributed by atoms with van der Waals surface area (Å²) in [5, 5.41) is 18.1. The van der Waals surface area contributed by atoms with Gasteiger partial charge in [-0.05, 0) is 51.8 Å². The molecule has 0 aliphatic carbocycles. The summed E-state index contributed by atoms with van der Waals surface area (Å²) in [7, 11) is 0. The monoisotopic (exact) mass is 496 g/mol. The van der Waals surface area contributed by atoms with E-state index in [0.29, 0.717) is 37.6 Å². The number of aromatic hydroxyl groups is 1. The number of guanidine groups is 1. The highest BCUT2D eigenvalue weighted by Gasteiger charge is 2.15. The van der Waals surface area contributed by atoms with Crippen LogP contribution in [0.1, 0.15) is 39.7 Å². The van der Waals surface area contributed by atoms with Gasteiger partial charge in [0.2, 0.25) is 0 Å². The van der Waals surface area contributed by atoms with Crippen molar-refractivity contribution in [2.24, 2.45) is 4.99 Å². The second kappa shape index (κ2) is 12.6. The minimum atomic E-state index is -0.663. The Hall–Kier alpha value is -1.78. The zero-order chi connectivity index (χ0) is 19.6. The van der Waals surface area contributed by atoms with Gasteiger partial charge in [0.15, 0.2) is 17.5 Å². The van der Waals surface area contributed by atoms with E-state index in [0.717, 1.165) is 0 Å². The highest BCUT2D eigenvalue weighted by Crippen LogP contribution is 2.16. The Kier molecular flexibility index (Phi) is 11.7. The minimum absolute atomic E-state index is 0. The largest absolute Gasteiger partial charge is 0.505 e. The summed E-state index contributed by atoms with van der Waals surface area (Å²) >= 11 is 0. The smallest absolute Gasteiger partial charge is 0.407 e. The molecule has 0 bridgehead atoms. The maximum absolute atomic E-state index is 13.3. The molecule has 0 radical (unpaired) electrons. The summed E-state index contributed by atoms with van der Waals surface area (Å²) in [4.78, 5) is 15.9. The van der Waals surface area contributed by atoms with Gasteiger partial charge in [0.1, 0.15) is 5.60 Å². The van der Waals surface area contributed by atoms with Gasteiger partial charge in [-0.1, -0.05) is 6.07 Å². The molecule has 9 heteroatoms. The molecule has 1 rings (SSSR count). The molecule has 1 aromatic carbocycles. The van der Waals surface area contributed by atoms with Crippen LogP contribution in [0.2, 0.25) is 0 Å². The Morgan fingerprint density at radius 3 is 2.48 bits per heavy atom. The topological polar surface area (TPSA) is 95.0 Å². The standard InChI is InChI=1S/C18H29FN4O3.HI/c1-5-20-16(23-12-13-7-8-15(24)14(19)11-13)21-9-6-10-22-17(25)26-18(2,3)4;/h7-8,11,24H,5-6,9-10,12H2,1-4H3,(H,22,25)(H2,20,21,23);1H. The number of aliphatic imine (C=N–C) groups is 1. The summed E-state index contributed by atoms with van der Waals surface area (Å²) in [6.45, 7) is 9.43. The van der Waals surface area contributed by atoms with E-state index in [4.69, 9.17) is 4.74 Å². The number of rotatable bonds is 7. The van der Waals surface area contributed by atoms with Gasteiger partial charge >= 0.3 is 6.09 Å². The maximum atomic E-state index is 13.3. The van der Waals surface area contributed by atoms with Crippen LogP contribution in [-0.4, -0.2) is 42.4 Å². The quantitative estimate of drug-likeness (QED) is 0.202. The maximum Gasteiger partial charge on any atom is 0.407 e. The van der Waals surface area contributed by atoms with Gasteiger partial charge in [-0.15, -0.1) is 24.0 Å². The van der Waals surface area contributed by atoms with Crippen molar-refractivity contribution in [1.82, 2.24) is 16.0 Å². The van der Waals surface area contributed by atoms with E-state index in [9.17, 15) is 14.3 Å². The lowest BCUT2D eigenvalue weighted by molar-refractivity contribution is 0.0527. The molecule has 0 heterocycles. The number of phenols is 1. The number of nitrogens with zero attached hydrogens (tertiary/aromatic N) is 1. The molecule has 7 nitrogen and oxygen atoms in total. The van der Waals surface area contributed by atoms with Crippen LogP contribution >= 0.6 is 24.0 Å². The van der Waals surface area contributed by atoms with Crippen molar-refractivity contribution >= 4 is 36.0 Å². The highest BCUT2D eigenvalue weighted by atomic mass is 127. The van der Waals surface area contributed by atoms with E-state index in [2.05, 4.69) is 20.9 Å². The van der Waals surface area contributed by atoms with E-state index in [1.54, 1.807) is 6.07 Å². The SMILES string of the molecule is CCNC(=NCc1ccc(O)c(F)c1)NCCCNC(=O)OC(C)(C)C.I. The van der Waals surface area contributed by atoms with Gasteiger partial charge in [-0.3, -0.25) is 0 Å². The van der Waals surface area contributed by atoms with Crippen LogP contribution in [0.25, 0.3) is 0 Å². The first-order chi connectivity index (χ1) is 12.2. The van der Waals surface area contributed by atoms with E-state index in [1.807, 2.05) is 27.7 Å². The predicted octanol–water partition coefficient (Wildman–Crippen LogP) is 3.12. The zero-order valence-electron chi connectivity index (χ0n) is 16.3. The second-order valence-corrected chi connectivity index (χ2v) is 6.69. The molecule has 27 heavy (non-hydrogen) atoms. The van der Waals surface area contributed by atoms with Crippen molar-refractivity contribution < 1.29 is 19.0 Å². The number of phenolic OH excluding ortho intramolecular Hbond substituents is 1. The van der Waals surface area contributed by atoms with Crippen LogP contribution in [-0.2, 0) is 11.3 Å². The number of nitrogens with one attached hydrogen (secondary N) is 3. The number of halogens is 2. The predicted molar refractivity (Wildman–Crippen MR) is 115 cm³/mol. The molecule has 0 aromatic heterocycles. The van der Waals surface area contributed by atoms with Crippen LogP contribution in [0.4, 0.5) is 9.18 Å². The number of ether oxygens (including phenoxy) is 1. The van der Waals surface area contributed by atoms with Gasteiger partial charge in [0, 0.05) is 19.6 Å². The Balaban J connectivity index is 0.00000676. The lowest BCUT2D eigenvalue weighted by Gasteiger charge is -2.19. The molecule has 0 fully saturated rings. The molecule has 1 amide bonds. The van der Waals surface area contributed by atoms with Crippen LogP contribution in [0, 0.1) is 5.82 Å². The molecular weight excluding hydrogens is 466 g/mol. The van der Waals surface area contributed by atoms with Crippen molar-refractivity contribution in [2.75, 3.05) is 19.6 Å². The number of hydrogen-bond donors (Lipinski definition) is 4. The van der Waals surface area contributed by atoms with Crippen LogP contribution in [0.15, 0.2) is 23.2 Å². The summed E-state index contributed by atoms with van der Waals surface area (Å²) in [5.74, 6) is -0.442. The van der Waals surface area contributed by atoms with Gasteiger partial charge in [0.05, 0.1) is 6.54 Å². The molecule has 1 aromatic rings. The van der Waals surface area contributed by atoms with E-state index in [1.165, 1.54) is 12.1 Å². The summed E-state index contributed by atoms with van der Waals surface area (Å²) in [6.07, 6.45) is 0.254. The fraction of sp³-hybridized carbons (Fsp3) is 0.556. The number of carbonyl (C=O) groups is 1. The minimum Gasteiger partial charge on any atom is -0.505 e. The number of benzene rings is 1. The first kappa shape index (κ1) is 25.2. The summed E-state index contributed by atoms with van der Waals surface area (Å²) in [5.41, 5.74) is 0.144. The van der Waals surface area contributed by atoms with E-state index >= 15 is 0 Å². The lowest BCUT2D eigenvalue weighted by atomic mass is 10.2. The first-order valence-electron chi connectivity index (χ1n) is 8.67. The van der Waals surface area contributed by atoms with Crippen LogP contribution in [0.3, 0.4) is 0 Å². The van der Waals surface area contributed by atoms with Crippen molar-refractivity contribution in [3.63, 3.8) is 0 Å². The van der Waals surface area contributed by atoms with Gasteiger partial charge in [-0.25, -0.2) is 14.2 Å². The number of hydrogen-bond acceptors (Lipinski definition) is 4. The van der Waals surface area contributed by atoms with Crippen LogP contribution < -0.4 is 16.0 Å². The Bertz CT molecular complexity index is 621. The third-order valence-corrected chi connectivity index (χ3v) is 3.09. The molecule has 0 atom stereocenters.